The standard InChI is InChI=1S/C8H2Cl2F6/c9-3-1-4(6(11)5(10)2-3)7(12,13)8(14,15)16/h1-2H. The molecule has 0 spiro atoms. The van der Waals surface area contributed by atoms with Crippen LogP contribution in [0.15, 0.2) is 12.1 Å². The highest BCUT2D eigenvalue weighted by Gasteiger charge is 2.60. The van der Waals surface area contributed by atoms with Gasteiger partial charge in [0.25, 0.3) is 0 Å². The van der Waals surface area contributed by atoms with Crippen LogP contribution in [-0.4, -0.2) is 6.18 Å². The minimum atomic E-state index is -5.91. The average molecular weight is 283 g/mol. The largest absolute Gasteiger partial charge is 0.458 e. The van der Waals surface area contributed by atoms with Crippen LogP contribution in [0.1, 0.15) is 5.56 Å². The summed E-state index contributed by atoms with van der Waals surface area (Å²) in [5.74, 6) is -7.18. The SMILES string of the molecule is Fc1c(Cl)cc(Cl)cc1C(F)(F)C(F)(F)F. The summed E-state index contributed by atoms with van der Waals surface area (Å²) in [5, 5.41) is -1.41. The number of halogens is 8. The molecule has 0 bridgehead atoms. The Kier molecular flexibility index (Phi) is 3.36. The lowest BCUT2D eigenvalue weighted by atomic mass is 10.1. The van der Waals surface area contributed by atoms with E-state index < -0.39 is 33.5 Å². The van der Waals surface area contributed by atoms with Crippen LogP contribution in [0.25, 0.3) is 0 Å². The van der Waals surface area contributed by atoms with Gasteiger partial charge in [0.05, 0.1) is 10.6 Å². The Morgan fingerprint density at radius 1 is 0.938 bits per heavy atom. The normalized spacial score (nSPS) is 13.0. The zero-order valence-corrected chi connectivity index (χ0v) is 8.69. The number of alkyl halides is 5. The third kappa shape index (κ3) is 2.22. The van der Waals surface area contributed by atoms with Crippen LogP contribution in [0.5, 0.6) is 0 Å². The maximum Gasteiger partial charge on any atom is 0.458 e. The predicted octanol–water partition coefficient (Wildman–Crippen LogP) is 4.79. The highest BCUT2D eigenvalue weighted by atomic mass is 35.5. The maximum absolute atomic E-state index is 13.0. The molecule has 1 aromatic rings. The van der Waals surface area contributed by atoms with Gasteiger partial charge in [-0.1, -0.05) is 23.2 Å². The summed E-state index contributed by atoms with van der Waals surface area (Å²) in [6.45, 7) is 0. The van der Waals surface area contributed by atoms with Crippen molar-refractivity contribution in [3.05, 3.63) is 33.6 Å². The van der Waals surface area contributed by atoms with Crippen molar-refractivity contribution in [1.82, 2.24) is 0 Å². The van der Waals surface area contributed by atoms with E-state index in [1.165, 1.54) is 0 Å². The minimum Gasteiger partial charge on any atom is -0.205 e. The molecular weight excluding hydrogens is 281 g/mol. The second-order valence-corrected chi connectivity index (χ2v) is 3.66. The van der Waals surface area contributed by atoms with Crippen LogP contribution in [0.2, 0.25) is 10.0 Å². The Bertz CT molecular complexity index is 412. The number of hydrogen-bond donors (Lipinski definition) is 0. The highest BCUT2D eigenvalue weighted by Crippen LogP contribution is 2.46. The molecule has 90 valence electrons. The molecule has 0 amide bonds. The fraction of sp³-hybridized carbons (Fsp3) is 0.250. The molecule has 0 atom stereocenters. The van der Waals surface area contributed by atoms with Crippen molar-refractivity contribution in [3.63, 3.8) is 0 Å². The molecule has 0 saturated carbocycles. The Morgan fingerprint density at radius 2 is 1.44 bits per heavy atom. The Labute approximate surface area is 95.8 Å². The summed E-state index contributed by atoms with van der Waals surface area (Å²) in [7, 11) is 0. The van der Waals surface area contributed by atoms with Crippen LogP contribution in [0, 0.1) is 5.82 Å². The predicted molar refractivity (Wildman–Crippen MR) is 46.4 cm³/mol. The fourth-order valence-electron chi connectivity index (χ4n) is 0.937. The lowest BCUT2D eigenvalue weighted by Gasteiger charge is -2.20. The number of benzene rings is 1. The highest BCUT2D eigenvalue weighted by molar-refractivity contribution is 6.34. The first-order valence-electron chi connectivity index (χ1n) is 3.67. The van der Waals surface area contributed by atoms with Crippen molar-refractivity contribution in [2.75, 3.05) is 0 Å². The Hall–Kier alpha value is -0.620. The van der Waals surface area contributed by atoms with Crippen LogP contribution >= 0.6 is 23.2 Å². The van der Waals surface area contributed by atoms with E-state index in [1.807, 2.05) is 0 Å². The van der Waals surface area contributed by atoms with E-state index in [4.69, 9.17) is 23.2 Å². The molecule has 0 nitrogen and oxygen atoms in total. The van der Waals surface area contributed by atoms with Gasteiger partial charge in [0.15, 0.2) is 5.82 Å². The molecular formula is C8H2Cl2F6. The number of rotatable bonds is 1. The van der Waals surface area contributed by atoms with Gasteiger partial charge in [-0.05, 0) is 12.1 Å². The first-order chi connectivity index (χ1) is 7.07. The van der Waals surface area contributed by atoms with Crippen molar-refractivity contribution in [2.24, 2.45) is 0 Å². The molecule has 0 aliphatic rings. The van der Waals surface area contributed by atoms with Crippen LogP contribution in [-0.2, 0) is 5.92 Å². The quantitative estimate of drug-likeness (QED) is 0.513. The average Bonchev–Trinajstić information content (AvgIpc) is 2.09. The second-order valence-electron chi connectivity index (χ2n) is 2.82. The third-order valence-corrected chi connectivity index (χ3v) is 2.18. The van der Waals surface area contributed by atoms with Crippen molar-refractivity contribution < 1.29 is 26.3 Å². The summed E-state index contributed by atoms with van der Waals surface area (Å²) >= 11 is 10.3. The topological polar surface area (TPSA) is 0 Å². The first kappa shape index (κ1) is 13.4. The molecule has 0 aliphatic carbocycles. The molecule has 0 radical (unpaired) electrons. The van der Waals surface area contributed by atoms with Crippen LogP contribution < -0.4 is 0 Å². The van der Waals surface area contributed by atoms with E-state index in [9.17, 15) is 26.3 Å². The molecule has 8 heteroatoms. The van der Waals surface area contributed by atoms with Crippen molar-refractivity contribution >= 4 is 23.2 Å². The fourth-order valence-corrected chi connectivity index (χ4v) is 1.43. The van der Waals surface area contributed by atoms with Gasteiger partial charge < -0.3 is 0 Å². The molecule has 0 N–H and O–H groups in total. The maximum atomic E-state index is 13.0. The monoisotopic (exact) mass is 282 g/mol. The zero-order valence-electron chi connectivity index (χ0n) is 7.18. The van der Waals surface area contributed by atoms with Crippen molar-refractivity contribution in [3.8, 4) is 0 Å². The molecule has 16 heavy (non-hydrogen) atoms. The van der Waals surface area contributed by atoms with Gasteiger partial charge in [0.1, 0.15) is 0 Å². The van der Waals surface area contributed by atoms with Crippen LogP contribution in [0.4, 0.5) is 26.3 Å². The van der Waals surface area contributed by atoms with Crippen LogP contribution in [0.3, 0.4) is 0 Å². The van der Waals surface area contributed by atoms with Gasteiger partial charge in [-0.15, -0.1) is 0 Å². The van der Waals surface area contributed by atoms with E-state index in [2.05, 4.69) is 0 Å². The smallest absolute Gasteiger partial charge is 0.205 e. The van der Waals surface area contributed by atoms with E-state index in [1.54, 1.807) is 0 Å². The third-order valence-electron chi connectivity index (χ3n) is 1.69. The lowest BCUT2D eigenvalue weighted by Crippen LogP contribution is -2.34. The molecule has 1 rings (SSSR count). The van der Waals surface area contributed by atoms with Gasteiger partial charge >= 0.3 is 12.1 Å². The summed E-state index contributed by atoms with van der Waals surface area (Å²) in [6.07, 6.45) is -5.91. The van der Waals surface area contributed by atoms with E-state index >= 15 is 0 Å². The van der Waals surface area contributed by atoms with E-state index in [-0.39, 0.29) is 6.07 Å². The lowest BCUT2D eigenvalue weighted by molar-refractivity contribution is -0.290. The van der Waals surface area contributed by atoms with Crippen molar-refractivity contribution in [2.45, 2.75) is 12.1 Å². The van der Waals surface area contributed by atoms with E-state index in [0.29, 0.717) is 0 Å². The molecule has 0 aromatic heterocycles. The summed E-state index contributed by atoms with van der Waals surface area (Å²) in [5.41, 5.74) is -1.89. The van der Waals surface area contributed by atoms with Gasteiger partial charge in [0.2, 0.25) is 0 Å². The molecule has 0 heterocycles. The Morgan fingerprint density at radius 3 is 1.88 bits per heavy atom. The molecule has 0 unspecified atom stereocenters. The van der Waals surface area contributed by atoms with Gasteiger partial charge in [0, 0.05) is 5.02 Å². The van der Waals surface area contributed by atoms with Gasteiger partial charge in [-0.25, -0.2) is 4.39 Å². The first-order valence-corrected chi connectivity index (χ1v) is 4.42. The molecule has 0 saturated heterocycles. The molecule has 0 aliphatic heterocycles. The zero-order chi connectivity index (χ0) is 12.7. The van der Waals surface area contributed by atoms with Gasteiger partial charge in [-0.3, -0.25) is 0 Å². The Balaban J connectivity index is 3.44. The van der Waals surface area contributed by atoms with E-state index in [0.717, 1.165) is 6.07 Å². The summed E-state index contributed by atoms with van der Waals surface area (Å²) in [6, 6.07) is 0.921. The summed E-state index contributed by atoms with van der Waals surface area (Å²) in [4.78, 5) is 0. The number of hydrogen-bond acceptors (Lipinski definition) is 0. The van der Waals surface area contributed by atoms with Crippen molar-refractivity contribution in [1.29, 1.82) is 0 Å². The second kappa shape index (κ2) is 4.00. The molecule has 1 aromatic carbocycles. The summed E-state index contributed by atoms with van der Waals surface area (Å²) < 4.78 is 74.5. The minimum absolute atomic E-state index is 0.191. The van der Waals surface area contributed by atoms with Gasteiger partial charge in [-0.2, -0.15) is 22.0 Å². The molecule has 0 fully saturated rings.